The number of benzene rings is 1. The van der Waals surface area contributed by atoms with E-state index in [9.17, 15) is 14.4 Å². The zero-order valence-electron chi connectivity index (χ0n) is 13.8. The summed E-state index contributed by atoms with van der Waals surface area (Å²) in [5.74, 6) is -0.386. The highest BCUT2D eigenvalue weighted by Gasteiger charge is 2.17. The summed E-state index contributed by atoms with van der Waals surface area (Å²) in [6.07, 6.45) is 1.51. The van der Waals surface area contributed by atoms with Gasteiger partial charge in [-0.3, -0.25) is 18.7 Å². The van der Waals surface area contributed by atoms with Crippen LogP contribution in [0.15, 0.2) is 40.1 Å². The van der Waals surface area contributed by atoms with E-state index in [0.29, 0.717) is 21.8 Å². The lowest BCUT2D eigenvalue weighted by molar-refractivity contribution is 0.102. The molecule has 3 rings (SSSR count). The van der Waals surface area contributed by atoms with Gasteiger partial charge in [0, 0.05) is 30.9 Å². The number of pyridine rings is 1. The fourth-order valence-electron chi connectivity index (χ4n) is 2.57. The second-order valence-electron chi connectivity index (χ2n) is 5.68. The lowest BCUT2D eigenvalue weighted by Crippen LogP contribution is -2.37. The van der Waals surface area contributed by atoms with E-state index >= 15 is 0 Å². The highest BCUT2D eigenvalue weighted by molar-refractivity contribution is 6.30. The van der Waals surface area contributed by atoms with Gasteiger partial charge >= 0.3 is 5.69 Å². The van der Waals surface area contributed by atoms with E-state index in [2.05, 4.69) is 10.3 Å². The zero-order chi connectivity index (χ0) is 18.3. The first kappa shape index (κ1) is 16.9. The molecule has 0 aliphatic rings. The van der Waals surface area contributed by atoms with Crippen LogP contribution in [-0.2, 0) is 14.1 Å². The van der Waals surface area contributed by atoms with Gasteiger partial charge in [0.15, 0.2) is 5.65 Å². The van der Waals surface area contributed by atoms with Crippen LogP contribution < -0.4 is 16.6 Å². The van der Waals surface area contributed by atoms with Crippen molar-refractivity contribution in [3.63, 3.8) is 0 Å². The van der Waals surface area contributed by atoms with Gasteiger partial charge in [-0.25, -0.2) is 9.78 Å². The smallest absolute Gasteiger partial charge is 0.321 e. The summed E-state index contributed by atoms with van der Waals surface area (Å²) in [6.45, 7) is 1.73. The normalized spacial score (nSPS) is 10.9. The fraction of sp³-hybridized carbons (Fsp3) is 0.176. The Kier molecular flexibility index (Phi) is 4.18. The summed E-state index contributed by atoms with van der Waals surface area (Å²) in [6, 6.07) is 6.39. The minimum Gasteiger partial charge on any atom is -0.321 e. The molecule has 0 radical (unpaired) electrons. The highest BCUT2D eigenvalue weighted by atomic mass is 35.5. The summed E-state index contributed by atoms with van der Waals surface area (Å²) >= 11 is 5.83. The Balaban J connectivity index is 2.21. The molecule has 25 heavy (non-hydrogen) atoms. The Morgan fingerprint density at radius 1 is 1.12 bits per heavy atom. The van der Waals surface area contributed by atoms with Gasteiger partial charge in [-0.2, -0.15) is 0 Å². The third-order valence-corrected chi connectivity index (χ3v) is 4.26. The molecule has 7 nitrogen and oxygen atoms in total. The Bertz CT molecular complexity index is 1110. The largest absolute Gasteiger partial charge is 0.332 e. The van der Waals surface area contributed by atoms with Crippen molar-refractivity contribution >= 4 is 34.2 Å². The molecule has 2 aromatic heterocycles. The molecule has 1 aromatic carbocycles. The predicted octanol–water partition coefficient (Wildman–Crippen LogP) is 1.85. The fourth-order valence-corrected chi connectivity index (χ4v) is 2.70. The Labute approximate surface area is 147 Å². The zero-order valence-corrected chi connectivity index (χ0v) is 14.6. The lowest BCUT2D eigenvalue weighted by atomic mass is 10.1. The second-order valence-corrected chi connectivity index (χ2v) is 6.12. The third-order valence-electron chi connectivity index (χ3n) is 4.00. The monoisotopic (exact) mass is 358 g/mol. The van der Waals surface area contributed by atoms with Crippen molar-refractivity contribution in [3.8, 4) is 0 Å². The van der Waals surface area contributed by atoms with E-state index in [4.69, 9.17) is 11.6 Å². The van der Waals surface area contributed by atoms with Crippen LogP contribution in [0.25, 0.3) is 11.0 Å². The van der Waals surface area contributed by atoms with Crippen LogP contribution in [0, 0.1) is 6.92 Å². The van der Waals surface area contributed by atoms with Crippen LogP contribution in [0.1, 0.15) is 15.9 Å². The molecule has 128 valence electrons. The minimum absolute atomic E-state index is 0.187. The molecule has 0 atom stereocenters. The molecular weight excluding hydrogens is 344 g/mol. The topological polar surface area (TPSA) is 86.0 Å². The number of aromatic nitrogens is 3. The average molecular weight is 359 g/mol. The Morgan fingerprint density at radius 3 is 2.40 bits per heavy atom. The van der Waals surface area contributed by atoms with Crippen LogP contribution in [0.2, 0.25) is 5.02 Å². The molecule has 1 N–H and O–H groups in total. The van der Waals surface area contributed by atoms with Crippen molar-refractivity contribution < 1.29 is 4.79 Å². The van der Waals surface area contributed by atoms with Crippen LogP contribution in [0.4, 0.5) is 5.69 Å². The summed E-state index contributed by atoms with van der Waals surface area (Å²) in [4.78, 5) is 41.3. The molecular formula is C17H15ClN4O3. The summed E-state index contributed by atoms with van der Waals surface area (Å²) < 4.78 is 2.26. The molecule has 2 heterocycles. The lowest BCUT2D eigenvalue weighted by Gasteiger charge is -2.13. The second kappa shape index (κ2) is 6.18. The molecule has 0 aliphatic heterocycles. The Hall–Kier alpha value is -2.93. The van der Waals surface area contributed by atoms with Crippen LogP contribution in [0.3, 0.4) is 0 Å². The SMILES string of the molecule is Cc1cnc2c(c1NC(=O)c1ccc(Cl)cc1)c(=O)n(C)c(=O)n2C. The molecule has 0 bridgehead atoms. The van der Waals surface area contributed by atoms with Crippen molar-refractivity contribution in [1.82, 2.24) is 14.1 Å². The van der Waals surface area contributed by atoms with Gasteiger partial charge in [0.1, 0.15) is 5.39 Å². The molecule has 8 heteroatoms. The van der Waals surface area contributed by atoms with Crippen molar-refractivity contribution in [2.75, 3.05) is 5.32 Å². The van der Waals surface area contributed by atoms with Crippen molar-refractivity contribution in [2.45, 2.75) is 6.92 Å². The van der Waals surface area contributed by atoms with Gasteiger partial charge < -0.3 is 5.32 Å². The number of halogens is 1. The molecule has 1 amide bonds. The van der Waals surface area contributed by atoms with Crippen LogP contribution >= 0.6 is 11.6 Å². The molecule has 0 fully saturated rings. The number of aryl methyl sites for hydroxylation is 2. The van der Waals surface area contributed by atoms with Gasteiger partial charge in [-0.1, -0.05) is 11.6 Å². The third kappa shape index (κ3) is 2.83. The van der Waals surface area contributed by atoms with Gasteiger partial charge in [0.05, 0.1) is 5.69 Å². The number of carbonyl (C=O) groups is 1. The maximum absolute atomic E-state index is 12.6. The number of anilines is 1. The first-order valence-electron chi connectivity index (χ1n) is 7.43. The van der Waals surface area contributed by atoms with Gasteiger partial charge in [0.2, 0.25) is 0 Å². The van der Waals surface area contributed by atoms with Gasteiger partial charge in [0.25, 0.3) is 11.5 Å². The standard InChI is InChI=1S/C17H15ClN4O3/c1-9-8-19-14-12(16(24)22(3)17(25)21(14)2)13(9)20-15(23)10-4-6-11(18)7-5-10/h4-8H,1-3H3,(H,19,20,23). The predicted molar refractivity (Wildman–Crippen MR) is 96.4 cm³/mol. The van der Waals surface area contributed by atoms with Crippen LogP contribution in [0.5, 0.6) is 0 Å². The maximum Gasteiger partial charge on any atom is 0.332 e. The van der Waals surface area contributed by atoms with Crippen molar-refractivity contribution in [3.05, 3.63) is 67.4 Å². The maximum atomic E-state index is 12.6. The van der Waals surface area contributed by atoms with E-state index in [1.165, 1.54) is 24.9 Å². The molecule has 0 saturated heterocycles. The molecule has 0 aliphatic carbocycles. The first-order valence-corrected chi connectivity index (χ1v) is 7.81. The molecule has 0 spiro atoms. The van der Waals surface area contributed by atoms with Crippen molar-refractivity contribution in [1.29, 1.82) is 0 Å². The number of hydrogen-bond acceptors (Lipinski definition) is 4. The van der Waals surface area contributed by atoms with Gasteiger partial charge in [-0.15, -0.1) is 0 Å². The Morgan fingerprint density at radius 2 is 1.76 bits per heavy atom. The molecule has 0 saturated carbocycles. The number of rotatable bonds is 2. The summed E-state index contributed by atoms with van der Waals surface area (Å²) in [7, 11) is 2.91. The van der Waals surface area contributed by atoms with Crippen molar-refractivity contribution in [2.24, 2.45) is 14.1 Å². The molecule has 3 aromatic rings. The first-order chi connectivity index (χ1) is 11.8. The number of fused-ring (bicyclic) bond motifs is 1. The van der Waals surface area contributed by atoms with Gasteiger partial charge in [-0.05, 0) is 36.8 Å². The van der Waals surface area contributed by atoms with E-state index in [-0.39, 0.29) is 16.9 Å². The van der Waals surface area contributed by atoms with E-state index in [1.807, 2.05) is 0 Å². The quantitative estimate of drug-likeness (QED) is 0.757. The van der Waals surface area contributed by atoms with Crippen LogP contribution in [-0.4, -0.2) is 20.0 Å². The average Bonchev–Trinajstić information content (AvgIpc) is 2.60. The van der Waals surface area contributed by atoms with E-state index in [1.54, 1.807) is 31.2 Å². The number of amides is 1. The highest BCUT2D eigenvalue weighted by Crippen LogP contribution is 2.22. The number of nitrogens with zero attached hydrogens (tertiary/aromatic N) is 3. The number of nitrogens with one attached hydrogen (secondary N) is 1. The summed E-state index contributed by atoms with van der Waals surface area (Å²) in [5, 5.41) is 3.46. The number of carbonyl (C=O) groups excluding carboxylic acids is 1. The molecule has 0 unspecified atom stereocenters. The van der Waals surface area contributed by atoms with E-state index in [0.717, 1.165) is 4.57 Å². The van der Waals surface area contributed by atoms with E-state index < -0.39 is 11.2 Å². The minimum atomic E-state index is -0.513. The number of hydrogen-bond donors (Lipinski definition) is 1. The summed E-state index contributed by atoms with van der Waals surface area (Å²) in [5.41, 5.74) is 0.566.